The van der Waals surface area contributed by atoms with E-state index >= 15 is 0 Å². The standard InChI is InChI=1S/C35H45F2N5O5/c1-22(2)18-31(43)39-27-9-6-8-25(19-27)24-12-16-41(17-13-24)15-7-14-38-34(44)42-33(26-10-11-28(36)29(37)20-26)32(23(3)47-5)30(21-46-4)40-35(42)45/h6,8-11,19-20,22,24,33H,3,7,12-18,21H2,1-2,4-5H3,(H,38,44)(H,39,43)(H,40,45)/t33-/m0/s1. The maximum absolute atomic E-state index is 14.4. The summed E-state index contributed by atoms with van der Waals surface area (Å²) in [4.78, 5) is 42.2. The van der Waals surface area contributed by atoms with E-state index in [4.69, 9.17) is 9.47 Å². The third kappa shape index (κ3) is 9.17. The number of nitrogens with zero attached hydrogens (tertiary/aromatic N) is 2. The largest absolute Gasteiger partial charge is 0.497 e. The number of carbonyl (C=O) groups is 3. The highest BCUT2D eigenvalue weighted by atomic mass is 19.2. The van der Waals surface area contributed by atoms with Gasteiger partial charge in [-0.05, 0) is 86.1 Å². The molecule has 2 aliphatic heterocycles. The summed E-state index contributed by atoms with van der Waals surface area (Å²) in [7, 11) is 2.83. The minimum absolute atomic E-state index is 0.0213. The Labute approximate surface area is 275 Å². The average Bonchev–Trinajstić information content (AvgIpc) is 3.04. The number of rotatable bonds is 13. The van der Waals surface area contributed by atoms with Gasteiger partial charge < -0.3 is 30.3 Å². The lowest BCUT2D eigenvalue weighted by atomic mass is 9.89. The fraction of sp³-hybridized carbons (Fsp3) is 0.457. The van der Waals surface area contributed by atoms with Gasteiger partial charge in [0.25, 0.3) is 0 Å². The second-order valence-electron chi connectivity index (χ2n) is 12.3. The van der Waals surface area contributed by atoms with Crippen molar-refractivity contribution in [1.82, 2.24) is 20.4 Å². The summed E-state index contributed by atoms with van der Waals surface area (Å²) in [5, 5.41) is 8.48. The van der Waals surface area contributed by atoms with E-state index in [1.165, 1.54) is 25.8 Å². The number of methoxy groups -OCH3 is 2. The van der Waals surface area contributed by atoms with Crippen LogP contribution >= 0.6 is 0 Å². The molecule has 1 saturated heterocycles. The van der Waals surface area contributed by atoms with Gasteiger partial charge in [-0.15, -0.1) is 0 Å². The van der Waals surface area contributed by atoms with Gasteiger partial charge in [-0.3, -0.25) is 4.79 Å². The Kier molecular flexibility index (Phi) is 12.5. The summed E-state index contributed by atoms with van der Waals surface area (Å²) in [6, 6.07) is 8.71. The zero-order valence-electron chi connectivity index (χ0n) is 27.5. The number of amides is 5. The van der Waals surface area contributed by atoms with Gasteiger partial charge in [0.2, 0.25) is 5.91 Å². The van der Waals surface area contributed by atoms with E-state index in [-0.39, 0.29) is 23.8 Å². The minimum atomic E-state index is -1.14. The van der Waals surface area contributed by atoms with Crippen LogP contribution in [0.1, 0.15) is 62.6 Å². The quantitative estimate of drug-likeness (QED) is 0.179. The Balaban J connectivity index is 1.35. The zero-order valence-corrected chi connectivity index (χ0v) is 27.5. The van der Waals surface area contributed by atoms with E-state index in [1.807, 2.05) is 26.0 Å². The van der Waals surface area contributed by atoms with Crippen LogP contribution in [0.5, 0.6) is 0 Å². The van der Waals surface area contributed by atoms with Crippen molar-refractivity contribution in [3.63, 3.8) is 0 Å². The Bertz CT molecular complexity index is 1490. The molecule has 5 amide bonds. The molecule has 0 aromatic heterocycles. The van der Waals surface area contributed by atoms with Gasteiger partial charge in [0.15, 0.2) is 11.6 Å². The van der Waals surface area contributed by atoms with E-state index in [2.05, 4.69) is 39.6 Å². The fourth-order valence-electron chi connectivity index (χ4n) is 6.09. The molecule has 4 rings (SSSR count). The van der Waals surface area contributed by atoms with Crippen molar-refractivity contribution >= 4 is 23.7 Å². The molecule has 2 heterocycles. The van der Waals surface area contributed by atoms with Gasteiger partial charge in [0.05, 0.1) is 25.5 Å². The number of ether oxygens (including phenoxy) is 2. The van der Waals surface area contributed by atoms with Crippen LogP contribution in [0.4, 0.5) is 24.1 Å². The Morgan fingerprint density at radius 1 is 1.06 bits per heavy atom. The number of urea groups is 2. The highest BCUT2D eigenvalue weighted by molar-refractivity contribution is 5.96. The summed E-state index contributed by atoms with van der Waals surface area (Å²) >= 11 is 0. The molecule has 2 aliphatic rings. The topological polar surface area (TPSA) is 112 Å². The second kappa shape index (κ2) is 16.5. The second-order valence-corrected chi connectivity index (χ2v) is 12.3. The summed E-state index contributed by atoms with van der Waals surface area (Å²) in [6.45, 7) is 10.7. The van der Waals surface area contributed by atoms with Crippen LogP contribution in [0.2, 0.25) is 0 Å². The molecule has 0 radical (unpaired) electrons. The molecule has 10 nitrogen and oxygen atoms in total. The Morgan fingerprint density at radius 3 is 2.47 bits per heavy atom. The number of piperidine rings is 1. The molecule has 47 heavy (non-hydrogen) atoms. The predicted molar refractivity (Wildman–Crippen MR) is 175 cm³/mol. The van der Waals surface area contributed by atoms with Gasteiger partial charge >= 0.3 is 12.1 Å². The molecule has 0 bridgehead atoms. The van der Waals surface area contributed by atoms with Gasteiger partial charge in [0, 0.05) is 31.3 Å². The normalized spacial score (nSPS) is 17.5. The van der Waals surface area contributed by atoms with Gasteiger partial charge in [-0.2, -0.15) is 0 Å². The zero-order chi connectivity index (χ0) is 34.1. The van der Waals surface area contributed by atoms with Crippen molar-refractivity contribution in [3.8, 4) is 0 Å². The Morgan fingerprint density at radius 2 is 1.81 bits per heavy atom. The first-order valence-corrected chi connectivity index (χ1v) is 15.9. The van der Waals surface area contributed by atoms with Crippen molar-refractivity contribution in [2.75, 3.05) is 52.3 Å². The molecular weight excluding hydrogens is 608 g/mol. The lowest BCUT2D eigenvalue weighted by molar-refractivity contribution is -0.116. The van der Waals surface area contributed by atoms with Crippen LogP contribution in [-0.4, -0.2) is 74.8 Å². The molecule has 2 aromatic rings. The average molecular weight is 654 g/mol. The van der Waals surface area contributed by atoms with Crippen LogP contribution in [0, 0.1) is 17.6 Å². The summed E-state index contributed by atoms with van der Waals surface area (Å²) in [5.74, 6) is -1.32. The van der Waals surface area contributed by atoms with Crippen molar-refractivity contribution in [2.45, 2.75) is 51.5 Å². The molecule has 2 aromatic carbocycles. The van der Waals surface area contributed by atoms with E-state index in [1.54, 1.807) is 0 Å². The molecular formula is C35H45F2N5O5. The van der Waals surface area contributed by atoms with Crippen molar-refractivity contribution in [3.05, 3.63) is 88.8 Å². The first-order chi connectivity index (χ1) is 22.5. The summed E-state index contributed by atoms with van der Waals surface area (Å²) < 4.78 is 38.8. The third-order valence-electron chi connectivity index (χ3n) is 8.40. The van der Waals surface area contributed by atoms with Crippen LogP contribution < -0.4 is 16.0 Å². The molecule has 1 atom stereocenters. The van der Waals surface area contributed by atoms with E-state index < -0.39 is 29.7 Å². The van der Waals surface area contributed by atoms with Crippen LogP contribution in [0.3, 0.4) is 0 Å². The fourth-order valence-corrected chi connectivity index (χ4v) is 6.09. The van der Waals surface area contributed by atoms with Crippen LogP contribution in [-0.2, 0) is 14.3 Å². The van der Waals surface area contributed by atoms with E-state index in [0.717, 1.165) is 55.2 Å². The maximum Gasteiger partial charge on any atom is 0.330 e. The SMILES string of the molecule is C=C(OC)C1=C(COC)NC(=O)N(C(=O)NCCCN2CCC(c3cccc(NC(=O)CC(C)C)c3)CC2)[C@H]1c1ccc(F)c(F)c1. The lowest BCUT2D eigenvalue weighted by Crippen LogP contribution is -2.54. The van der Waals surface area contributed by atoms with E-state index in [9.17, 15) is 23.2 Å². The van der Waals surface area contributed by atoms with Crippen LogP contribution in [0.15, 0.2) is 66.1 Å². The maximum atomic E-state index is 14.4. The van der Waals surface area contributed by atoms with Gasteiger partial charge in [-0.1, -0.05) is 38.6 Å². The smallest absolute Gasteiger partial charge is 0.330 e. The number of hydrogen-bond acceptors (Lipinski definition) is 6. The Hall–Kier alpha value is -4.29. The summed E-state index contributed by atoms with van der Waals surface area (Å²) in [6.07, 6.45) is 3.07. The molecule has 0 unspecified atom stereocenters. The number of nitrogens with one attached hydrogen (secondary N) is 3. The number of benzene rings is 2. The first kappa shape index (κ1) is 35.6. The van der Waals surface area contributed by atoms with Gasteiger partial charge in [-0.25, -0.2) is 23.3 Å². The van der Waals surface area contributed by atoms with Gasteiger partial charge in [0.1, 0.15) is 5.76 Å². The molecule has 3 N–H and O–H groups in total. The highest BCUT2D eigenvalue weighted by Gasteiger charge is 2.41. The molecule has 12 heteroatoms. The lowest BCUT2D eigenvalue weighted by Gasteiger charge is -2.38. The molecule has 0 saturated carbocycles. The molecule has 0 aliphatic carbocycles. The van der Waals surface area contributed by atoms with Crippen LogP contribution in [0.25, 0.3) is 0 Å². The predicted octanol–water partition coefficient (Wildman–Crippen LogP) is 6.06. The number of carbonyl (C=O) groups excluding carboxylic acids is 3. The minimum Gasteiger partial charge on any atom is -0.497 e. The number of hydrogen-bond donors (Lipinski definition) is 3. The van der Waals surface area contributed by atoms with Crippen molar-refractivity contribution < 1.29 is 32.6 Å². The summed E-state index contributed by atoms with van der Waals surface area (Å²) in [5.41, 5.74) is 2.81. The van der Waals surface area contributed by atoms with E-state index in [0.29, 0.717) is 42.5 Å². The monoisotopic (exact) mass is 653 g/mol. The molecule has 1 fully saturated rings. The van der Waals surface area contributed by atoms with Crippen molar-refractivity contribution in [2.24, 2.45) is 5.92 Å². The third-order valence-corrected chi connectivity index (χ3v) is 8.40. The number of anilines is 1. The number of imide groups is 1. The first-order valence-electron chi connectivity index (χ1n) is 15.9. The number of likely N-dealkylation sites (tertiary alicyclic amines) is 1. The number of halogens is 2. The van der Waals surface area contributed by atoms with Crippen molar-refractivity contribution in [1.29, 1.82) is 0 Å². The highest BCUT2D eigenvalue weighted by Crippen LogP contribution is 2.38. The molecule has 0 spiro atoms. The molecule has 254 valence electrons.